The molecule has 130 valence electrons. The summed E-state index contributed by atoms with van der Waals surface area (Å²) in [6, 6.07) is 13.6. The number of halogens is 1. The molecule has 0 aliphatic heterocycles. The number of nitrogens with zero attached hydrogens (tertiary/aromatic N) is 1. The number of anilines is 2. The molecule has 0 unspecified atom stereocenters. The van der Waals surface area contributed by atoms with Gasteiger partial charge in [-0.3, -0.25) is 4.79 Å². The van der Waals surface area contributed by atoms with E-state index in [0.717, 1.165) is 40.9 Å². The maximum Gasteiger partial charge on any atom is 0.228 e. The van der Waals surface area contributed by atoms with Gasteiger partial charge >= 0.3 is 0 Å². The van der Waals surface area contributed by atoms with Gasteiger partial charge in [-0.15, -0.1) is 0 Å². The Balaban J connectivity index is 1.67. The highest BCUT2D eigenvalue weighted by Crippen LogP contribution is 2.23. The summed E-state index contributed by atoms with van der Waals surface area (Å²) in [6.45, 7) is 6.20. The molecule has 0 aliphatic carbocycles. The summed E-state index contributed by atoms with van der Waals surface area (Å²) in [5, 5.41) is 4.66. The molecule has 0 atom stereocenters. The van der Waals surface area contributed by atoms with Crippen molar-refractivity contribution in [2.75, 3.05) is 23.3 Å². The van der Waals surface area contributed by atoms with E-state index in [1.165, 1.54) is 0 Å². The Morgan fingerprint density at radius 2 is 1.84 bits per heavy atom. The minimum Gasteiger partial charge on any atom is -0.372 e. The average molecular weight is 356 g/mol. The first kappa shape index (κ1) is 17.4. The number of aromatic nitrogens is 1. The van der Waals surface area contributed by atoms with Crippen molar-refractivity contribution in [3.63, 3.8) is 0 Å². The molecule has 1 heterocycles. The first-order valence-electron chi connectivity index (χ1n) is 8.51. The zero-order valence-corrected chi connectivity index (χ0v) is 15.2. The lowest BCUT2D eigenvalue weighted by Crippen LogP contribution is -2.21. The SMILES string of the molecule is CCN(CC)c1ccc(NC(=O)Cc2c[nH]c3cc(Cl)ccc23)cc1. The van der Waals surface area contributed by atoms with Crippen molar-refractivity contribution < 1.29 is 4.79 Å². The van der Waals surface area contributed by atoms with Crippen molar-refractivity contribution in [2.45, 2.75) is 20.3 Å². The van der Waals surface area contributed by atoms with Crippen LogP contribution in [0.1, 0.15) is 19.4 Å². The number of carbonyl (C=O) groups is 1. The Morgan fingerprint density at radius 1 is 1.12 bits per heavy atom. The van der Waals surface area contributed by atoms with Crippen molar-refractivity contribution in [2.24, 2.45) is 0 Å². The average Bonchev–Trinajstić information content (AvgIpc) is 2.99. The lowest BCUT2D eigenvalue weighted by atomic mass is 10.1. The number of fused-ring (bicyclic) bond motifs is 1. The highest BCUT2D eigenvalue weighted by atomic mass is 35.5. The number of aromatic amines is 1. The molecule has 5 heteroatoms. The fraction of sp³-hybridized carbons (Fsp3) is 0.250. The number of amides is 1. The molecule has 3 rings (SSSR count). The van der Waals surface area contributed by atoms with E-state index in [1.54, 1.807) is 0 Å². The number of benzene rings is 2. The minimum absolute atomic E-state index is 0.0357. The number of hydrogen-bond acceptors (Lipinski definition) is 2. The van der Waals surface area contributed by atoms with Gasteiger partial charge in [0.2, 0.25) is 5.91 Å². The Morgan fingerprint density at radius 3 is 2.52 bits per heavy atom. The summed E-state index contributed by atoms with van der Waals surface area (Å²) in [5.74, 6) is -0.0357. The van der Waals surface area contributed by atoms with Crippen molar-refractivity contribution in [3.05, 3.63) is 59.2 Å². The molecule has 25 heavy (non-hydrogen) atoms. The smallest absolute Gasteiger partial charge is 0.228 e. The van der Waals surface area contributed by atoms with Gasteiger partial charge < -0.3 is 15.2 Å². The quantitative estimate of drug-likeness (QED) is 0.664. The molecule has 0 aliphatic rings. The molecule has 0 saturated heterocycles. The third kappa shape index (κ3) is 3.97. The number of carbonyl (C=O) groups excluding carboxylic acids is 1. The summed E-state index contributed by atoms with van der Waals surface area (Å²) in [4.78, 5) is 17.8. The molecule has 2 aromatic carbocycles. The molecular formula is C20H22ClN3O. The second-order valence-corrected chi connectivity index (χ2v) is 6.38. The van der Waals surface area contributed by atoms with E-state index in [2.05, 4.69) is 29.0 Å². The van der Waals surface area contributed by atoms with Gasteiger partial charge in [-0.2, -0.15) is 0 Å². The predicted molar refractivity (Wildman–Crippen MR) is 106 cm³/mol. The van der Waals surface area contributed by atoms with Crippen LogP contribution in [0.5, 0.6) is 0 Å². The van der Waals surface area contributed by atoms with E-state index in [0.29, 0.717) is 11.4 Å². The topological polar surface area (TPSA) is 48.1 Å². The van der Waals surface area contributed by atoms with Crippen LogP contribution in [0.15, 0.2) is 48.7 Å². The molecule has 3 aromatic rings. The number of nitrogens with one attached hydrogen (secondary N) is 2. The highest BCUT2D eigenvalue weighted by molar-refractivity contribution is 6.31. The van der Waals surface area contributed by atoms with Crippen molar-refractivity contribution in [1.82, 2.24) is 4.98 Å². The minimum atomic E-state index is -0.0357. The molecule has 0 bridgehead atoms. The van der Waals surface area contributed by atoms with Gasteiger partial charge in [0, 0.05) is 46.6 Å². The Bertz CT molecular complexity index is 866. The van der Waals surface area contributed by atoms with E-state index in [1.807, 2.05) is 48.7 Å². The fourth-order valence-electron chi connectivity index (χ4n) is 3.03. The van der Waals surface area contributed by atoms with Crippen LogP contribution in [0.3, 0.4) is 0 Å². The van der Waals surface area contributed by atoms with Crippen molar-refractivity contribution >= 4 is 39.8 Å². The second kappa shape index (κ2) is 7.62. The van der Waals surface area contributed by atoms with Gasteiger partial charge in [-0.05, 0) is 55.8 Å². The molecule has 0 spiro atoms. The summed E-state index contributed by atoms with van der Waals surface area (Å²) in [7, 11) is 0. The molecule has 0 saturated carbocycles. The molecule has 0 fully saturated rings. The summed E-state index contributed by atoms with van der Waals surface area (Å²) >= 11 is 5.99. The van der Waals surface area contributed by atoms with Gasteiger partial charge in [-0.1, -0.05) is 17.7 Å². The third-order valence-corrected chi connectivity index (χ3v) is 4.60. The molecule has 4 nitrogen and oxygen atoms in total. The number of hydrogen-bond donors (Lipinski definition) is 2. The molecular weight excluding hydrogens is 334 g/mol. The molecule has 2 N–H and O–H groups in total. The lowest BCUT2D eigenvalue weighted by molar-refractivity contribution is -0.115. The summed E-state index contributed by atoms with van der Waals surface area (Å²) < 4.78 is 0. The predicted octanol–water partition coefficient (Wildman–Crippen LogP) is 4.85. The fourth-order valence-corrected chi connectivity index (χ4v) is 3.20. The molecule has 1 amide bonds. The number of rotatable bonds is 6. The Hall–Kier alpha value is -2.46. The molecule has 1 aromatic heterocycles. The van der Waals surface area contributed by atoms with E-state index < -0.39 is 0 Å². The van der Waals surface area contributed by atoms with E-state index in [-0.39, 0.29) is 5.91 Å². The van der Waals surface area contributed by atoms with Gasteiger partial charge in [0.05, 0.1) is 6.42 Å². The van der Waals surface area contributed by atoms with Gasteiger partial charge in [0.1, 0.15) is 0 Å². The Labute approximate surface area is 152 Å². The summed E-state index contributed by atoms with van der Waals surface area (Å²) in [5.41, 5.74) is 3.88. The monoisotopic (exact) mass is 355 g/mol. The van der Waals surface area contributed by atoms with Gasteiger partial charge in [0.15, 0.2) is 0 Å². The van der Waals surface area contributed by atoms with Gasteiger partial charge in [0.25, 0.3) is 0 Å². The van der Waals surface area contributed by atoms with Crippen LogP contribution in [0, 0.1) is 0 Å². The van der Waals surface area contributed by atoms with Crippen molar-refractivity contribution in [1.29, 1.82) is 0 Å². The summed E-state index contributed by atoms with van der Waals surface area (Å²) in [6.07, 6.45) is 2.18. The van der Waals surface area contributed by atoms with Crippen molar-refractivity contribution in [3.8, 4) is 0 Å². The zero-order chi connectivity index (χ0) is 17.8. The van der Waals surface area contributed by atoms with Crippen LogP contribution in [0.4, 0.5) is 11.4 Å². The van der Waals surface area contributed by atoms with Crippen LogP contribution in [0.2, 0.25) is 5.02 Å². The lowest BCUT2D eigenvalue weighted by Gasteiger charge is -2.21. The van der Waals surface area contributed by atoms with Gasteiger partial charge in [-0.25, -0.2) is 0 Å². The van der Waals surface area contributed by atoms with Crippen LogP contribution >= 0.6 is 11.6 Å². The van der Waals surface area contributed by atoms with Crippen LogP contribution in [-0.4, -0.2) is 24.0 Å². The highest BCUT2D eigenvalue weighted by Gasteiger charge is 2.10. The molecule has 0 radical (unpaired) electrons. The maximum atomic E-state index is 12.4. The standard InChI is InChI=1S/C20H22ClN3O/c1-3-24(4-2)17-8-6-16(7-9-17)23-20(25)11-14-13-22-19-12-15(21)5-10-18(14)19/h5-10,12-13,22H,3-4,11H2,1-2H3,(H,23,25). The Kier molecular flexibility index (Phi) is 5.29. The zero-order valence-electron chi connectivity index (χ0n) is 14.5. The first-order valence-corrected chi connectivity index (χ1v) is 8.89. The van der Waals surface area contributed by atoms with Crippen LogP contribution in [-0.2, 0) is 11.2 Å². The van der Waals surface area contributed by atoms with E-state index in [4.69, 9.17) is 11.6 Å². The largest absolute Gasteiger partial charge is 0.372 e. The van der Waals surface area contributed by atoms with E-state index in [9.17, 15) is 4.79 Å². The first-order chi connectivity index (χ1) is 12.1. The van der Waals surface area contributed by atoms with Crippen LogP contribution < -0.4 is 10.2 Å². The maximum absolute atomic E-state index is 12.4. The third-order valence-electron chi connectivity index (χ3n) is 4.36. The second-order valence-electron chi connectivity index (χ2n) is 5.95. The van der Waals surface area contributed by atoms with E-state index >= 15 is 0 Å². The van der Waals surface area contributed by atoms with Crippen LogP contribution in [0.25, 0.3) is 10.9 Å². The normalized spacial score (nSPS) is 10.8. The number of H-pyrrole nitrogens is 1.